The predicted octanol–water partition coefficient (Wildman–Crippen LogP) is 3.19. The van der Waals surface area contributed by atoms with Crippen LogP contribution >= 0.6 is 0 Å². The molecule has 1 aliphatic rings. The summed E-state index contributed by atoms with van der Waals surface area (Å²) in [6, 6.07) is 7.83. The monoisotopic (exact) mass is 404 g/mol. The number of hydrogen-bond donors (Lipinski definition) is 0. The van der Waals surface area contributed by atoms with Gasteiger partial charge < -0.3 is 4.90 Å². The molecule has 0 amide bonds. The van der Waals surface area contributed by atoms with Crippen LogP contribution in [0.15, 0.2) is 47.6 Å². The number of anilines is 1. The number of benzene rings is 1. The minimum atomic E-state index is -3.74. The van der Waals surface area contributed by atoms with E-state index < -0.39 is 14.9 Å². The van der Waals surface area contributed by atoms with E-state index in [9.17, 15) is 18.5 Å². The maximum atomic E-state index is 13.0. The molecule has 0 aliphatic carbocycles. The lowest BCUT2D eigenvalue weighted by Crippen LogP contribution is -2.32. The Hall–Kier alpha value is -2.52. The van der Waals surface area contributed by atoms with Crippen molar-refractivity contribution in [1.82, 2.24) is 9.29 Å². The molecule has 1 fully saturated rings. The third kappa shape index (κ3) is 4.48. The Labute approximate surface area is 165 Å². The van der Waals surface area contributed by atoms with Crippen molar-refractivity contribution in [2.45, 2.75) is 37.1 Å². The van der Waals surface area contributed by atoms with E-state index >= 15 is 0 Å². The van der Waals surface area contributed by atoms with Crippen molar-refractivity contribution < 1.29 is 13.3 Å². The first-order valence-electron chi connectivity index (χ1n) is 9.28. The average Bonchev–Trinajstić information content (AvgIpc) is 2.98. The molecule has 1 saturated heterocycles. The topological polar surface area (TPSA) is 96.7 Å². The largest absolute Gasteiger partial charge is 0.365 e. The number of nitrogens with zero attached hydrogens (tertiary/aromatic N) is 4. The van der Waals surface area contributed by atoms with Crippen molar-refractivity contribution in [3.63, 3.8) is 0 Å². The number of hydrogen-bond acceptors (Lipinski definition) is 6. The summed E-state index contributed by atoms with van der Waals surface area (Å²) in [7, 11) is -2.00. The van der Waals surface area contributed by atoms with Gasteiger partial charge in [-0.3, -0.25) is 15.1 Å². The molecule has 0 atom stereocenters. The second-order valence-corrected chi connectivity index (χ2v) is 8.88. The van der Waals surface area contributed by atoms with Gasteiger partial charge in [-0.15, -0.1) is 0 Å². The standard InChI is InChI=1S/C19H24N4O4S/c1-21(15-16-8-10-20-11-9-16)18-7-6-17(14-19(18)23(24)25)28(26,27)22-12-4-2-3-5-13-22/h6-11,14H,2-5,12-13,15H2,1H3. The molecule has 28 heavy (non-hydrogen) atoms. The molecule has 0 spiro atoms. The number of nitro benzene ring substituents is 1. The fourth-order valence-electron chi connectivity index (χ4n) is 3.41. The summed E-state index contributed by atoms with van der Waals surface area (Å²) in [6.45, 7) is 1.36. The van der Waals surface area contributed by atoms with Crippen LogP contribution in [-0.4, -0.2) is 42.8 Å². The van der Waals surface area contributed by atoms with E-state index in [2.05, 4.69) is 4.98 Å². The van der Waals surface area contributed by atoms with Crippen molar-refractivity contribution in [2.24, 2.45) is 0 Å². The minimum Gasteiger partial charge on any atom is -0.365 e. The highest BCUT2D eigenvalue weighted by molar-refractivity contribution is 7.89. The SMILES string of the molecule is CN(Cc1ccncc1)c1ccc(S(=O)(=O)N2CCCCCC2)cc1[N+](=O)[O-]. The van der Waals surface area contributed by atoms with Gasteiger partial charge in [0.15, 0.2) is 0 Å². The van der Waals surface area contributed by atoms with Gasteiger partial charge in [-0.1, -0.05) is 12.8 Å². The molecule has 0 saturated carbocycles. The van der Waals surface area contributed by atoms with Crippen LogP contribution in [0.3, 0.4) is 0 Å². The van der Waals surface area contributed by atoms with Gasteiger partial charge in [0.1, 0.15) is 5.69 Å². The van der Waals surface area contributed by atoms with Crippen LogP contribution in [0, 0.1) is 10.1 Å². The van der Waals surface area contributed by atoms with E-state index in [1.165, 1.54) is 22.5 Å². The van der Waals surface area contributed by atoms with Gasteiger partial charge in [-0.2, -0.15) is 4.31 Å². The van der Waals surface area contributed by atoms with Crippen molar-refractivity contribution in [1.29, 1.82) is 0 Å². The Balaban J connectivity index is 1.91. The van der Waals surface area contributed by atoms with Crippen LogP contribution in [0.2, 0.25) is 0 Å². The van der Waals surface area contributed by atoms with Gasteiger partial charge in [0.2, 0.25) is 10.0 Å². The van der Waals surface area contributed by atoms with E-state index in [0.29, 0.717) is 25.3 Å². The maximum Gasteiger partial charge on any atom is 0.293 e. The summed E-state index contributed by atoms with van der Waals surface area (Å²) in [6.07, 6.45) is 6.96. The van der Waals surface area contributed by atoms with Gasteiger partial charge in [-0.05, 0) is 42.7 Å². The molecule has 2 aromatic rings. The lowest BCUT2D eigenvalue weighted by molar-refractivity contribution is -0.384. The molecule has 150 valence electrons. The summed E-state index contributed by atoms with van der Waals surface area (Å²) < 4.78 is 27.4. The second kappa shape index (κ2) is 8.66. The molecule has 0 unspecified atom stereocenters. The smallest absolute Gasteiger partial charge is 0.293 e. The Morgan fingerprint density at radius 3 is 2.36 bits per heavy atom. The summed E-state index contributed by atoms with van der Waals surface area (Å²) in [4.78, 5) is 16.8. The first kappa shape index (κ1) is 20.2. The van der Waals surface area contributed by atoms with Gasteiger partial charge in [0, 0.05) is 45.1 Å². The molecular weight excluding hydrogens is 380 g/mol. The van der Waals surface area contributed by atoms with Crippen LogP contribution in [-0.2, 0) is 16.6 Å². The lowest BCUT2D eigenvalue weighted by atomic mass is 10.2. The van der Waals surface area contributed by atoms with Crippen molar-refractivity contribution in [2.75, 3.05) is 25.0 Å². The van der Waals surface area contributed by atoms with Gasteiger partial charge in [-0.25, -0.2) is 8.42 Å². The first-order valence-corrected chi connectivity index (χ1v) is 10.7. The molecule has 1 aromatic heterocycles. The van der Waals surface area contributed by atoms with Crippen molar-refractivity contribution in [3.05, 3.63) is 58.4 Å². The van der Waals surface area contributed by atoms with Crippen LogP contribution in [0.1, 0.15) is 31.2 Å². The maximum absolute atomic E-state index is 13.0. The van der Waals surface area contributed by atoms with Crippen molar-refractivity contribution >= 4 is 21.4 Å². The fraction of sp³-hybridized carbons (Fsp3) is 0.421. The van der Waals surface area contributed by atoms with E-state index in [0.717, 1.165) is 31.2 Å². The Morgan fingerprint density at radius 1 is 1.11 bits per heavy atom. The summed E-state index contributed by atoms with van der Waals surface area (Å²) in [5, 5.41) is 11.6. The zero-order valence-electron chi connectivity index (χ0n) is 15.8. The highest BCUT2D eigenvalue weighted by atomic mass is 32.2. The second-order valence-electron chi connectivity index (χ2n) is 6.94. The van der Waals surface area contributed by atoms with Crippen LogP contribution in [0.25, 0.3) is 0 Å². The lowest BCUT2D eigenvalue weighted by Gasteiger charge is -2.22. The fourth-order valence-corrected chi connectivity index (χ4v) is 4.95. The minimum absolute atomic E-state index is 0.0258. The third-order valence-electron chi connectivity index (χ3n) is 4.93. The normalized spacial score (nSPS) is 15.8. The number of rotatable bonds is 6. The highest BCUT2D eigenvalue weighted by Gasteiger charge is 2.28. The van der Waals surface area contributed by atoms with Gasteiger partial charge in [0.25, 0.3) is 5.69 Å². The van der Waals surface area contributed by atoms with E-state index in [1.54, 1.807) is 24.3 Å². The van der Waals surface area contributed by atoms with E-state index in [-0.39, 0.29) is 10.6 Å². The van der Waals surface area contributed by atoms with Crippen molar-refractivity contribution in [3.8, 4) is 0 Å². The quantitative estimate of drug-likeness (QED) is 0.542. The average molecular weight is 404 g/mol. The van der Waals surface area contributed by atoms with E-state index in [4.69, 9.17) is 0 Å². The highest BCUT2D eigenvalue weighted by Crippen LogP contribution is 2.32. The molecular formula is C19H24N4O4S. The molecule has 1 aliphatic heterocycles. The summed E-state index contributed by atoms with van der Waals surface area (Å²) in [5.74, 6) is 0. The molecule has 0 radical (unpaired) electrons. The van der Waals surface area contributed by atoms with E-state index in [1.807, 2.05) is 12.1 Å². The van der Waals surface area contributed by atoms with Gasteiger partial charge in [0.05, 0.1) is 9.82 Å². The molecule has 3 rings (SSSR count). The Bertz CT molecular complexity index is 926. The summed E-state index contributed by atoms with van der Waals surface area (Å²) >= 11 is 0. The van der Waals surface area contributed by atoms with Crippen LogP contribution in [0.5, 0.6) is 0 Å². The molecule has 8 nitrogen and oxygen atoms in total. The molecule has 1 aromatic carbocycles. The number of aromatic nitrogens is 1. The van der Waals surface area contributed by atoms with Gasteiger partial charge >= 0.3 is 0 Å². The Morgan fingerprint density at radius 2 is 1.75 bits per heavy atom. The predicted molar refractivity (Wildman–Crippen MR) is 107 cm³/mol. The van der Waals surface area contributed by atoms with Crippen LogP contribution < -0.4 is 4.90 Å². The molecule has 2 heterocycles. The zero-order valence-corrected chi connectivity index (χ0v) is 16.6. The molecule has 9 heteroatoms. The Kier molecular flexibility index (Phi) is 6.25. The number of nitro groups is 1. The third-order valence-corrected chi connectivity index (χ3v) is 6.82. The molecule has 0 N–H and O–H groups in total. The zero-order chi connectivity index (χ0) is 20.1. The first-order chi connectivity index (χ1) is 13.4. The number of pyridine rings is 1. The summed E-state index contributed by atoms with van der Waals surface area (Å²) in [5.41, 5.74) is 1.11. The van der Waals surface area contributed by atoms with Crippen LogP contribution in [0.4, 0.5) is 11.4 Å². The molecule has 0 bridgehead atoms. The number of sulfonamides is 1.